The van der Waals surface area contributed by atoms with E-state index in [0.29, 0.717) is 5.92 Å². The maximum absolute atomic E-state index is 4.68. The monoisotopic (exact) mass is 680 g/mol. The summed E-state index contributed by atoms with van der Waals surface area (Å²) in [6, 6.07) is 16.1. The van der Waals surface area contributed by atoms with E-state index in [0.717, 1.165) is 37.0 Å². The van der Waals surface area contributed by atoms with Gasteiger partial charge < -0.3 is 0 Å². The zero-order valence-corrected chi connectivity index (χ0v) is 33.5. The van der Waals surface area contributed by atoms with E-state index in [1.54, 1.807) is 17.8 Å². The molecule has 0 aliphatic heterocycles. The summed E-state index contributed by atoms with van der Waals surface area (Å²) in [5.74, 6) is 0.426. The van der Waals surface area contributed by atoms with Gasteiger partial charge in [-0.1, -0.05) is 153 Å². The van der Waals surface area contributed by atoms with Crippen molar-refractivity contribution in [3.8, 4) is 0 Å². The lowest BCUT2D eigenvalue weighted by Gasteiger charge is -2.18. The van der Waals surface area contributed by atoms with Crippen LogP contribution < -0.4 is 0 Å². The topological polar surface area (TPSA) is 0 Å². The van der Waals surface area contributed by atoms with Crippen LogP contribution in [0, 0.1) is 5.92 Å². The Morgan fingerprint density at radius 3 is 1.88 bits per heavy atom. The zero-order valence-electron chi connectivity index (χ0n) is 31.8. The van der Waals surface area contributed by atoms with E-state index in [4.69, 9.17) is 0 Å². The maximum Gasteiger partial charge on any atom is 0.0142 e. The van der Waals surface area contributed by atoms with E-state index >= 15 is 0 Å². The second kappa shape index (κ2) is 27.7. The molecule has 0 N–H and O–H groups in total. The first kappa shape index (κ1) is 44.8. The average molecular weight is 681 g/mol. The van der Waals surface area contributed by atoms with E-state index in [-0.39, 0.29) is 0 Å². The highest BCUT2D eigenvalue weighted by Crippen LogP contribution is 2.37. The van der Waals surface area contributed by atoms with Crippen LogP contribution in [0.1, 0.15) is 98.3 Å². The molecule has 3 aromatic rings. The number of rotatable bonds is 14. The third kappa shape index (κ3) is 14.5. The quantitative estimate of drug-likeness (QED) is 0.0765. The Labute approximate surface area is 305 Å². The first-order chi connectivity index (χ1) is 23.4. The summed E-state index contributed by atoms with van der Waals surface area (Å²) in [5.41, 5.74) is 5.49. The molecule has 48 heavy (non-hydrogen) atoms. The molecule has 0 nitrogen and oxygen atoms in total. The Balaban J connectivity index is 0.00000293. The Kier molecular flexibility index (Phi) is 25.9. The Morgan fingerprint density at radius 1 is 0.792 bits per heavy atom. The van der Waals surface area contributed by atoms with E-state index < -0.39 is 0 Å². The van der Waals surface area contributed by atoms with Gasteiger partial charge >= 0.3 is 0 Å². The van der Waals surface area contributed by atoms with Gasteiger partial charge in [-0.2, -0.15) is 0 Å². The summed E-state index contributed by atoms with van der Waals surface area (Å²) < 4.78 is 0. The molecule has 0 radical (unpaired) electrons. The van der Waals surface area contributed by atoms with Gasteiger partial charge in [-0.15, -0.1) is 31.0 Å². The van der Waals surface area contributed by atoms with E-state index in [9.17, 15) is 0 Å². The molecule has 0 saturated carbocycles. The fraction of sp³-hybridized carbons (Fsp3) is 0.348. The zero-order chi connectivity index (χ0) is 36.3. The lowest BCUT2D eigenvalue weighted by Crippen LogP contribution is -1.97. The van der Waals surface area contributed by atoms with Crippen LogP contribution in [0.3, 0.4) is 0 Å². The Bertz CT molecular complexity index is 1560. The third-order valence-electron chi connectivity index (χ3n) is 7.44. The fourth-order valence-corrected chi connectivity index (χ4v) is 6.10. The molecule has 0 aliphatic rings. The number of hydrogen-bond donors (Lipinski definition) is 1. The van der Waals surface area contributed by atoms with Gasteiger partial charge in [0.25, 0.3) is 0 Å². The minimum atomic E-state index is 0.426. The molecular formula is C46H64S2. The van der Waals surface area contributed by atoms with Crippen molar-refractivity contribution in [2.24, 2.45) is 5.92 Å². The van der Waals surface area contributed by atoms with Gasteiger partial charge in [0, 0.05) is 9.81 Å². The molecule has 0 bridgehead atoms. The molecule has 0 aliphatic carbocycles. The van der Waals surface area contributed by atoms with E-state index in [2.05, 4.69) is 144 Å². The summed E-state index contributed by atoms with van der Waals surface area (Å²) in [4.78, 5) is 2.18. The highest BCUT2D eigenvalue weighted by molar-refractivity contribution is 8.07. The highest BCUT2D eigenvalue weighted by atomic mass is 32.2. The van der Waals surface area contributed by atoms with Crippen molar-refractivity contribution < 1.29 is 0 Å². The van der Waals surface area contributed by atoms with Gasteiger partial charge in [0.15, 0.2) is 0 Å². The molecule has 0 fully saturated rings. The molecule has 2 heteroatoms. The van der Waals surface area contributed by atoms with Crippen LogP contribution in [0.5, 0.6) is 0 Å². The normalized spacial score (nSPS) is 12.8. The number of benzene rings is 3. The Hall–Kier alpha value is -3.20. The van der Waals surface area contributed by atoms with E-state index in [1.165, 1.54) is 48.7 Å². The minimum absolute atomic E-state index is 0.426. The fourth-order valence-electron chi connectivity index (χ4n) is 5.35. The van der Waals surface area contributed by atoms with Crippen molar-refractivity contribution >= 4 is 50.8 Å². The van der Waals surface area contributed by atoms with Crippen molar-refractivity contribution in [1.82, 2.24) is 0 Å². The molecule has 1 unspecified atom stereocenters. The van der Waals surface area contributed by atoms with Crippen molar-refractivity contribution in [2.45, 2.75) is 94.4 Å². The van der Waals surface area contributed by atoms with Crippen LogP contribution in [0.25, 0.3) is 26.5 Å². The predicted molar refractivity (Wildman–Crippen MR) is 232 cm³/mol. The van der Waals surface area contributed by atoms with Crippen LogP contribution in [0.15, 0.2) is 133 Å². The smallest absolute Gasteiger partial charge is 0.0142 e. The first-order valence-electron chi connectivity index (χ1n) is 17.9. The standard InChI is InChI=1S/C39H46S2.C3H6.2C2H6/c1-7-11-20-30(10-4)29(5)19-12-13-21-32(40)22-16-25-39(41-6)31-26-27-37-33(17-8-2)35-23-14-15-24-36(35)34(18-9-3)38(37)28-31;1-3-2;2*1-2/h7,10-16,20-29,40H,4,8-9,17-19H2,1-3,5-6H3;3H,1H2,2H3;2*1-2H3/b11-7-,13-12+,22-16+,30-20-,32-21-,39-25-;;;. The molecule has 0 amide bonds. The van der Waals surface area contributed by atoms with Gasteiger partial charge in [0.2, 0.25) is 0 Å². The summed E-state index contributed by atoms with van der Waals surface area (Å²) in [7, 11) is 0. The number of fused-ring (bicyclic) bond motifs is 2. The van der Waals surface area contributed by atoms with Crippen molar-refractivity contribution in [2.75, 3.05) is 6.26 Å². The van der Waals surface area contributed by atoms with Gasteiger partial charge in [-0.25, -0.2) is 0 Å². The number of hydrogen-bond acceptors (Lipinski definition) is 2. The number of thiol groups is 1. The van der Waals surface area contributed by atoms with Crippen LogP contribution in [0.2, 0.25) is 0 Å². The Morgan fingerprint density at radius 2 is 1.35 bits per heavy atom. The number of allylic oxidation sites excluding steroid dienone is 12. The minimum Gasteiger partial charge on any atom is -0.143 e. The molecule has 0 aromatic heterocycles. The largest absolute Gasteiger partial charge is 0.143 e. The van der Waals surface area contributed by atoms with Crippen LogP contribution in [-0.4, -0.2) is 6.26 Å². The van der Waals surface area contributed by atoms with Gasteiger partial charge in [0.05, 0.1) is 0 Å². The third-order valence-corrected chi connectivity index (χ3v) is 8.55. The second-order valence-corrected chi connectivity index (χ2v) is 12.2. The number of thioether (sulfide) groups is 1. The lowest BCUT2D eigenvalue weighted by atomic mass is 9.87. The lowest BCUT2D eigenvalue weighted by molar-refractivity contribution is 0.713. The summed E-state index contributed by atoms with van der Waals surface area (Å²) in [5, 5.41) is 5.65. The molecule has 3 rings (SSSR count). The SMILES string of the molecule is C=C/C(=C/C=C\C)C(C)C/C=C/C=C(S)/C=C/C=C(\SC)c1ccc2c(CCC)c3ccccc3c(CCC)c2c1.C=CC.CC.CC. The second-order valence-electron chi connectivity index (χ2n) is 10.8. The van der Waals surface area contributed by atoms with Crippen LogP contribution >= 0.6 is 24.4 Å². The van der Waals surface area contributed by atoms with E-state index in [1.807, 2.05) is 53.7 Å². The molecule has 0 heterocycles. The van der Waals surface area contributed by atoms with Crippen LogP contribution in [0.4, 0.5) is 0 Å². The van der Waals surface area contributed by atoms with Crippen molar-refractivity contribution in [1.29, 1.82) is 0 Å². The molecule has 0 saturated heterocycles. The van der Waals surface area contributed by atoms with Gasteiger partial charge in [-0.05, 0) is 113 Å². The molecule has 1 atom stereocenters. The average Bonchev–Trinajstić information content (AvgIpc) is 3.12. The molecule has 260 valence electrons. The summed E-state index contributed by atoms with van der Waals surface area (Å²) in [6.45, 7) is 26.0. The van der Waals surface area contributed by atoms with Gasteiger partial charge in [0.1, 0.15) is 0 Å². The first-order valence-corrected chi connectivity index (χ1v) is 19.5. The maximum atomic E-state index is 4.68. The van der Waals surface area contributed by atoms with Crippen molar-refractivity contribution in [3.63, 3.8) is 0 Å². The number of aryl methyl sites for hydroxylation is 2. The van der Waals surface area contributed by atoms with Crippen LogP contribution in [-0.2, 0) is 12.8 Å². The highest BCUT2D eigenvalue weighted by Gasteiger charge is 2.14. The molecule has 0 spiro atoms. The summed E-state index contributed by atoms with van der Waals surface area (Å²) in [6.07, 6.45) is 30.2. The molecule has 3 aromatic carbocycles. The van der Waals surface area contributed by atoms with Crippen molar-refractivity contribution in [3.05, 3.63) is 150 Å². The van der Waals surface area contributed by atoms with Gasteiger partial charge in [-0.3, -0.25) is 0 Å². The predicted octanol–water partition coefficient (Wildman–Crippen LogP) is 15.5. The molecular weight excluding hydrogens is 617 g/mol. The summed E-state index contributed by atoms with van der Waals surface area (Å²) >= 11 is 6.47.